The molecule has 0 aromatic heterocycles. The second-order valence-electron chi connectivity index (χ2n) is 11.1. The van der Waals surface area contributed by atoms with Gasteiger partial charge in [-0.1, -0.05) is 78.9 Å². The molecule has 1 heterocycles. The third kappa shape index (κ3) is 4.58. The topological polar surface area (TPSA) is 120 Å². The van der Waals surface area contributed by atoms with E-state index in [1.807, 2.05) is 91.0 Å². The van der Waals surface area contributed by atoms with Crippen LogP contribution in [-0.2, 0) is 9.59 Å². The molecule has 8 rings (SSSR count). The van der Waals surface area contributed by atoms with Crippen LogP contribution in [0.5, 0.6) is 0 Å². The highest BCUT2D eigenvalue weighted by molar-refractivity contribution is 6.52. The van der Waals surface area contributed by atoms with E-state index in [-0.39, 0.29) is 24.0 Å². The number of fused-ring (bicyclic) bond motifs is 4. The molecular weight excluding hydrogens is 578 g/mol. The lowest BCUT2D eigenvalue weighted by atomic mass is 9.90. The summed E-state index contributed by atoms with van der Waals surface area (Å²) < 4.78 is 0. The number of carbonyl (C=O) groups is 4. The monoisotopic (exact) mass is 601 g/mol. The molecule has 0 saturated heterocycles. The van der Waals surface area contributed by atoms with Crippen molar-refractivity contribution >= 4 is 68.6 Å². The van der Waals surface area contributed by atoms with Crippen LogP contribution >= 0.6 is 0 Å². The lowest BCUT2D eigenvalue weighted by Crippen LogP contribution is -2.49. The highest BCUT2D eigenvalue weighted by atomic mass is 16.2. The number of aliphatic imine (C=N–C) groups is 2. The average molecular weight is 602 g/mol. The Balaban J connectivity index is 1.12. The molecule has 0 amide bonds. The van der Waals surface area contributed by atoms with Crippen molar-refractivity contribution in [2.45, 2.75) is 0 Å². The number of allylic oxidation sites excluding steroid dienone is 2. The largest absolute Gasteiger partial charge is 0.321 e. The fourth-order valence-electron chi connectivity index (χ4n) is 5.89. The van der Waals surface area contributed by atoms with Crippen LogP contribution < -0.4 is 10.7 Å². The van der Waals surface area contributed by atoms with Crippen LogP contribution in [0.15, 0.2) is 125 Å². The second-order valence-corrected chi connectivity index (χ2v) is 11.1. The molecule has 9 heteroatoms. The quantitative estimate of drug-likeness (QED) is 0.276. The third-order valence-electron chi connectivity index (χ3n) is 8.19. The fourth-order valence-corrected chi connectivity index (χ4v) is 5.89. The Bertz CT molecular complexity index is 2320. The van der Waals surface area contributed by atoms with E-state index in [4.69, 9.17) is 0 Å². The van der Waals surface area contributed by atoms with Crippen LogP contribution in [-0.4, -0.2) is 46.6 Å². The summed E-state index contributed by atoms with van der Waals surface area (Å²) >= 11 is 0. The number of guanidine groups is 1. The minimum atomic E-state index is -0.690. The van der Waals surface area contributed by atoms with Crippen molar-refractivity contribution in [3.05, 3.63) is 142 Å². The maximum absolute atomic E-state index is 13.2. The van der Waals surface area contributed by atoms with Gasteiger partial charge in [0.2, 0.25) is 23.3 Å². The second kappa shape index (κ2) is 10.6. The molecule has 5 aromatic rings. The summed E-state index contributed by atoms with van der Waals surface area (Å²) in [5.41, 5.74) is 5.86. The molecule has 2 aliphatic carbocycles. The Morgan fingerprint density at radius 1 is 0.565 bits per heavy atom. The molecule has 1 aliphatic heterocycles. The Morgan fingerprint density at radius 2 is 1.07 bits per heavy atom. The Morgan fingerprint density at radius 3 is 1.65 bits per heavy atom. The predicted molar refractivity (Wildman–Crippen MR) is 176 cm³/mol. The number of hydrogen-bond donors (Lipinski definition) is 2. The molecule has 0 atom stereocenters. The molecule has 0 bridgehead atoms. The molecule has 0 fully saturated rings. The van der Waals surface area contributed by atoms with Crippen LogP contribution in [0.4, 0.5) is 0 Å². The van der Waals surface area contributed by atoms with Gasteiger partial charge >= 0.3 is 0 Å². The first kappa shape index (κ1) is 27.1. The van der Waals surface area contributed by atoms with E-state index >= 15 is 0 Å². The van der Waals surface area contributed by atoms with E-state index < -0.39 is 23.1 Å². The molecule has 46 heavy (non-hydrogen) atoms. The molecule has 2 N–H and O–H groups in total. The van der Waals surface area contributed by atoms with Crippen molar-refractivity contribution in [1.82, 2.24) is 15.8 Å². The number of hydrogen-bond acceptors (Lipinski definition) is 9. The third-order valence-corrected chi connectivity index (χ3v) is 8.19. The van der Waals surface area contributed by atoms with Gasteiger partial charge in [-0.25, -0.2) is 10.0 Å². The van der Waals surface area contributed by atoms with Crippen molar-refractivity contribution in [3.63, 3.8) is 0 Å². The highest BCUT2D eigenvalue weighted by Crippen LogP contribution is 2.28. The Kier molecular flexibility index (Phi) is 6.24. The minimum Gasteiger partial charge on any atom is -0.321 e. The van der Waals surface area contributed by atoms with Gasteiger partial charge < -0.3 is 5.32 Å². The van der Waals surface area contributed by atoms with Gasteiger partial charge in [0.05, 0.1) is 5.70 Å². The van der Waals surface area contributed by atoms with E-state index in [9.17, 15) is 19.2 Å². The number of nitrogens with zero attached hydrogens (tertiary/aromatic N) is 3. The van der Waals surface area contributed by atoms with E-state index in [2.05, 4.69) is 20.7 Å². The molecule has 220 valence electrons. The van der Waals surface area contributed by atoms with Gasteiger partial charge in [0.25, 0.3) is 5.78 Å². The molecule has 0 radical (unpaired) electrons. The van der Waals surface area contributed by atoms with Gasteiger partial charge in [-0.2, -0.15) is 4.99 Å². The lowest BCUT2D eigenvalue weighted by molar-refractivity contribution is -0.113. The number of benzene rings is 5. The summed E-state index contributed by atoms with van der Waals surface area (Å²) in [7, 11) is 0. The Hall–Kier alpha value is -6.48. The fraction of sp³-hybridized carbons (Fsp3) is 0.0270. The summed E-state index contributed by atoms with van der Waals surface area (Å²) in [6, 6.07) is 31.8. The smallest absolute Gasteiger partial charge is 0.251 e. The van der Waals surface area contributed by atoms with E-state index in [0.29, 0.717) is 33.7 Å². The highest BCUT2D eigenvalue weighted by Gasteiger charge is 2.32. The van der Waals surface area contributed by atoms with Gasteiger partial charge in [0.15, 0.2) is 5.84 Å². The van der Waals surface area contributed by atoms with Crippen molar-refractivity contribution in [1.29, 1.82) is 0 Å². The first-order chi connectivity index (χ1) is 22.4. The van der Waals surface area contributed by atoms with E-state index in [0.717, 1.165) is 21.5 Å². The van der Waals surface area contributed by atoms with Gasteiger partial charge in [-0.3, -0.25) is 24.6 Å². The molecule has 5 aromatic carbocycles. The van der Waals surface area contributed by atoms with Gasteiger partial charge in [0, 0.05) is 16.7 Å². The first-order valence-corrected chi connectivity index (χ1v) is 14.6. The summed E-state index contributed by atoms with van der Waals surface area (Å²) in [5, 5.41) is 8.17. The summed E-state index contributed by atoms with van der Waals surface area (Å²) in [5.74, 6) is -2.07. The van der Waals surface area contributed by atoms with E-state index in [1.165, 1.54) is 0 Å². The lowest BCUT2D eigenvalue weighted by Gasteiger charge is -2.30. The number of Topliss-reactive ketones (excluding diaryl/α,β-unsaturated/α-hetero) is 4. The zero-order valence-corrected chi connectivity index (χ0v) is 24.2. The van der Waals surface area contributed by atoms with Crippen molar-refractivity contribution in [2.75, 3.05) is 6.67 Å². The van der Waals surface area contributed by atoms with Crippen LogP contribution in [0, 0.1) is 0 Å². The standard InChI is InChI=1S/C37H23N5O4/c43-32-28-16-24-12-6-4-10-22(24)14-26(28)18-30(34(32)45)39-37-38-20-42(36(40-37)21-8-2-1-3-9-21)41-31-19-27-15-23-11-5-7-13-25(23)17-29(27)33(44)35(31)46/h1-19,41H,20H2,(H,38,39). The number of carbonyl (C=O) groups excluding carboxylic acids is 4. The van der Waals surface area contributed by atoms with Crippen LogP contribution in [0.1, 0.15) is 37.4 Å². The molecule has 3 aliphatic rings. The predicted octanol–water partition coefficient (Wildman–Crippen LogP) is 5.08. The number of ketones is 4. The maximum Gasteiger partial charge on any atom is 0.251 e. The van der Waals surface area contributed by atoms with Crippen LogP contribution in [0.25, 0.3) is 33.7 Å². The van der Waals surface area contributed by atoms with Gasteiger partial charge in [-0.05, 0) is 69.1 Å². The molecular formula is C37H23N5O4. The van der Waals surface area contributed by atoms with Gasteiger partial charge in [-0.15, -0.1) is 0 Å². The van der Waals surface area contributed by atoms with E-state index in [1.54, 1.807) is 29.3 Å². The average Bonchev–Trinajstić information content (AvgIpc) is 3.09. The number of nitrogens with one attached hydrogen (secondary N) is 2. The Labute approximate surface area is 262 Å². The summed E-state index contributed by atoms with van der Waals surface area (Å²) in [6.07, 6.45) is 3.29. The SMILES string of the molecule is O=C1C(=O)c2cc3ccccc3cc2C=C1NC1=NCN(NC2=Cc3cc4ccccc4cc3C(=O)C2=O)C(c2ccccc2)=N1. The number of rotatable bonds is 4. The molecule has 0 saturated carbocycles. The van der Waals surface area contributed by atoms with Gasteiger partial charge in [0.1, 0.15) is 12.4 Å². The number of amidine groups is 1. The molecule has 9 nitrogen and oxygen atoms in total. The molecule has 0 unspecified atom stereocenters. The summed E-state index contributed by atoms with van der Waals surface area (Å²) in [6.45, 7) is -0.0178. The van der Waals surface area contributed by atoms with Crippen molar-refractivity contribution < 1.29 is 19.2 Å². The van der Waals surface area contributed by atoms with Crippen LogP contribution in [0.2, 0.25) is 0 Å². The number of hydrazine groups is 1. The van der Waals surface area contributed by atoms with Crippen LogP contribution in [0.3, 0.4) is 0 Å². The van der Waals surface area contributed by atoms with Crippen molar-refractivity contribution in [2.24, 2.45) is 9.98 Å². The zero-order chi connectivity index (χ0) is 31.4. The summed E-state index contributed by atoms with van der Waals surface area (Å²) in [4.78, 5) is 61.8. The first-order valence-electron chi connectivity index (χ1n) is 14.6. The minimum absolute atomic E-state index is 0.0178. The van der Waals surface area contributed by atoms with Crippen molar-refractivity contribution in [3.8, 4) is 0 Å². The normalized spacial score (nSPS) is 16.0. The molecule has 0 spiro atoms. The maximum atomic E-state index is 13.2. The zero-order valence-electron chi connectivity index (χ0n) is 24.2.